The third kappa shape index (κ3) is 2.57. The van der Waals surface area contributed by atoms with Gasteiger partial charge in [0.2, 0.25) is 0 Å². The Hall–Kier alpha value is -2.15. The van der Waals surface area contributed by atoms with Crippen LogP contribution in [0.5, 0.6) is 0 Å². The first kappa shape index (κ1) is 12.3. The molecule has 94 valence electrons. The van der Waals surface area contributed by atoms with Gasteiger partial charge in [0.1, 0.15) is 5.82 Å². The molecule has 0 unspecified atom stereocenters. The van der Waals surface area contributed by atoms with E-state index in [9.17, 15) is 9.59 Å². The molecule has 0 aliphatic carbocycles. The smallest absolute Gasteiger partial charge is 0.292 e. The minimum absolute atomic E-state index is 0.357. The molecule has 0 spiro atoms. The third-order valence-electron chi connectivity index (χ3n) is 2.38. The molecule has 0 aliphatic heterocycles. The molecule has 0 bridgehead atoms. The molecular weight excluding hydrogens is 252 g/mol. The lowest BCUT2D eigenvalue weighted by atomic mass is 10.5. The molecule has 0 aliphatic rings. The Morgan fingerprint density at radius 3 is 2.89 bits per heavy atom. The first-order chi connectivity index (χ1) is 8.58. The maximum absolute atomic E-state index is 11.5. The van der Waals surface area contributed by atoms with Crippen LogP contribution in [0.3, 0.4) is 0 Å². The van der Waals surface area contributed by atoms with Gasteiger partial charge in [-0.2, -0.15) is 5.10 Å². The highest BCUT2D eigenvalue weighted by molar-refractivity contribution is 7.11. The Morgan fingerprint density at radius 2 is 2.28 bits per heavy atom. The predicted octanol–water partition coefficient (Wildman–Crippen LogP) is 0.605. The number of hydrazone groups is 1. The zero-order valence-electron chi connectivity index (χ0n) is 9.95. The molecule has 0 saturated heterocycles. The fourth-order valence-corrected chi connectivity index (χ4v) is 1.87. The van der Waals surface area contributed by atoms with Gasteiger partial charge in [-0.25, -0.2) is 4.79 Å². The van der Waals surface area contributed by atoms with E-state index in [-0.39, 0.29) is 5.56 Å². The average molecular weight is 264 g/mol. The summed E-state index contributed by atoms with van der Waals surface area (Å²) in [5.74, 6) is 0.357. The Labute approximate surface area is 107 Å². The first-order valence-electron chi connectivity index (χ1n) is 5.19. The average Bonchev–Trinajstić information content (AvgIpc) is 2.85. The topological polar surface area (TPSA) is 70.5 Å². The van der Waals surface area contributed by atoms with Crippen LogP contribution in [-0.4, -0.2) is 22.8 Å². The normalized spacial score (nSPS) is 11.0. The number of thiophene rings is 1. The van der Waals surface area contributed by atoms with Gasteiger partial charge in [0, 0.05) is 25.0 Å². The molecule has 2 rings (SSSR count). The molecule has 2 aromatic heterocycles. The lowest BCUT2D eigenvalue weighted by Gasteiger charge is -2.11. The first-order valence-corrected chi connectivity index (χ1v) is 6.07. The van der Waals surface area contributed by atoms with Gasteiger partial charge in [-0.1, -0.05) is 6.07 Å². The second-order valence-corrected chi connectivity index (χ2v) is 4.62. The molecule has 0 amide bonds. The van der Waals surface area contributed by atoms with Crippen LogP contribution in [-0.2, 0) is 7.05 Å². The summed E-state index contributed by atoms with van der Waals surface area (Å²) in [4.78, 5) is 26.5. The number of aromatic amines is 1. The molecule has 0 saturated carbocycles. The van der Waals surface area contributed by atoms with E-state index >= 15 is 0 Å². The Bertz CT molecular complexity index is 638. The van der Waals surface area contributed by atoms with Crippen molar-refractivity contribution in [1.82, 2.24) is 9.55 Å². The van der Waals surface area contributed by atoms with E-state index in [0.29, 0.717) is 5.82 Å². The second-order valence-electron chi connectivity index (χ2n) is 3.64. The summed E-state index contributed by atoms with van der Waals surface area (Å²) >= 11 is 1.56. The summed E-state index contributed by atoms with van der Waals surface area (Å²) in [6.07, 6.45) is 1.67. The maximum Gasteiger partial charge on any atom is 0.329 e. The molecule has 0 fully saturated rings. The van der Waals surface area contributed by atoms with Crippen LogP contribution in [0.4, 0.5) is 5.82 Å². The van der Waals surface area contributed by atoms with Crippen LogP contribution < -0.4 is 16.3 Å². The van der Waals surface area contributed by atoms with Crippen LogP contribution in [0.25, 0.3) is 0 Å². The number of nitrogens with one attached hydrogen (secondary N) is 1. The molecule has 0 atom stereocenters. The van der Waals surface area contributed by atoms with Gasteiger partial charge in [-0.15, -0.1) is 11.3 Å². The summed E-state index contributed by atoms with van der Waals surface area (Å²) in [5, 5.41) is 7.54. The van der Waals surface area contributed by atoms with Gasteiger partial charge in [-0.05, 0) is 11.4 Å². The second kappa shape index (κ2) is 5.01. The summed E-state index contributed by atoms with van der Waals surface area (Å²) in [7, 11) is 3.08. The van der Waals surface area contributed by atoms with Gasteiger partial charge in [0.05, 0.1) is 6.21 Å². The van der Waals surface area contributed by atoms with Crippen molar-refractivity contribution in [3.05, 3.63) is 49.3 Å². The number of hydrogen-bond donors (Lipinski definition) is 1. The SMILES string of the molecule is CN(N=Cc1cccs1)c1cc(=O)n(C)c(=O)[nH]1. The highest BCUT2D eigenvalue weighted by Crippen LogP contribution is 2.07. The molecule has 1 N–H and O–H groups in total. The van der Waals surface area contributed by atoms with Crippen molar-refractivity contribution in [2.75, 3.05) is 12.1 Å². The molecule has 2 heterocycles. The van der Waals surface area contributed by atoms with Gasteiger partial charge in [0.15, 0.2) is 0 Å². The zero-order valence-corrected chi connectivity index (χ0v) is 10.8. The van der Waals surface area contributed by atoms with Crippen LogP contribution in [0.2, 0.25) is 0 Å². The van der Waals surface area contributed by atoms with E-state index < -0.39 is 5.69 Å². The van der Waals surface area contributed by atoms with E-state index in [1.165, 1.54) is 18.1 Å². The molecule has 2 aromatic rings. The maximum atomic E-state index is 11.5. The fraction of sp³-hybridized carbons (Fsp3) is 0.182. The van der Waals surface area contributed by atoms with Crippen LogP contribution in [0, 0.1) is 0 Å². The van der Waals surface area contributed by atoms with Crippen molar-refractivity contribution in [3.63, 3.8) is 0 Å². The molecular formula is C11H12N4O2S. The molecule has 6 nitrogen and oxygen atoms in total. The van der Waals surface area contributed by atoms with E-state index in [1.54, 1.807) is 24.6 Å². The van der Waals surface area contributed by atoms with Crippen molar-refractivity contribution < 1.29 is 0 Å². The number of nitrogens with zero attached hydrogens (tertiary/aromatic N) is 3. The molecule has 0 aromatic carbocycles. The number of anilines is 1. The highest BCUT2D eigenvalue weighted by atomic mass is 32.1. The van der Waals surface area contributed by atoms with Gasteiger partial charge < -0.3 is 0 Å². The summed E-state index contributed by atoms with van der Waals surface area (Å²) in [6, 6.07) is 5.17. The van der Waals surface area contributed by atoms with Crippen LogP contribution in [0.15, 0.2) is 38.3 Å². The predicted molar refractivity (Wildman–Crippen MR) is 72.6 cm³/mol. The van der Waals surface area contributed by atoms with E-state index in [1.807, 2.05) is 17.5 Å². The summed E-state index contributed by atoms with van der Waals surface area (Å²) < 4.78 is 1.00. The quantitative estimate of drug-likeness (QED) is 0.652. The summed E-state index contributed by atoms with van der Waals surface area (Å²) in [6.45, 7) is 0. The minimum atomic E-state index is -0.462. The molecule has 18 heavy (non-hydrogen) atoms. The lowest BCUT2D eigenvalue weighted by Crippen LogP contribution is -2.33. The van der Waals surface area contributed by atoms with Gasteiger partial charge >= 0.3 is 5.69 Å². The lowest BCUT2D eigenvalue weighted by molar-refractivity contribution is 0.766. The largest absolute Gasteiger partial charge is 0.329 e. The standard InChI is InChI=1S/C11H12N4O2S/c1-14-10(16)6-9(13-11(14)17)15(2)12-7-8-4-3-5-18-8/h3-7H,1-2H3,(H,13,17). The van der Waals surface area contributed by atoms with Gasteiger partial charge in [0.25, 0.3) is 5.56 Å². The highest BCUT2D eigenvalue weighted by Gasteiger charge is 2.03. The summed E-state index contributed by atoms with van der Waals surface area (Å²) in [5.41, 5.74) is -0.831. The van der Waals surface area contributed by atoms with Crippen LogP contribution in [0.1, 0.15) is 4.88 Å². The fourth-order valence-electron chi connectivity index (χ4n) is 1.29. The van der Waals surface area contributed by atoms with Crippen molar-refractivity contribution >= 4 is 23.4 Å². The number of aromatic nitrogens is 2. The monoisotopic (exact) mass is 264 g/mol. The van der Waals surface area contributed by atoms with Crippen molar-refractivity contribution in [1.29, 1.82) is 0 Å². The van der Waals surface area contributed by atoms with Crippen molar-refractivity contribution in [2.24, 2.45) is 12.1 Å². The van der Waals surface area contributed by atoms with Crippen molar-refractivity contribution in [2.45, 2.75) is 0 Å². The van der Waals surface area contributed by atoms with E-state index in [2.05, 4.69) is 10.1 Å². The minimum Gasteiger partial charge on any atom is -0.292 e. The number of H-pyrrole nitrogens is 1. The number of hydrogen-bond acceptors (Lipinski definition) is 5. The Balaban J connectivity index is 2.27. The van der Waals surface area contributed by atoms with Gasteiger partial charge in [-0.3, -0.25) is 19.4 Å². The molecule has 0 radical (unpaired) electrons. The molecule has 7 heteroatoms. The Kier molecular flexibility index (Phi) is 3.42. The van der Waals surface area contributed by atoms with Crippen LogP contribution >= 0.6 is 11.3 Å². The van der Waals surface area contributed by atoms with E-state index in [4.69, 9.17) is 0 Å². The van der Waals surface area contributed by atoms with Crippen molar-refractivity contribution in [3.8, 4) is 0 Å². The zero-order chi connectivity index (χ0) is 13.1. The number of rotatable bonds is 3. The van der Waals surface area contributed by atoms with E-state index in [0.717, 1.165) is 9.44 Å². The third-order valence-corrected chi connectivity index (χ3v) is 3.19. The Morgan fingerprint density at radius 1 is 1.50 bits per heavy atom.